The predicted octanol–water partition coefficient (Wildman–Crippen LogP) is 2.34. The Morgan fingerprint density at radius 2 is 2.00 bits per heavy atom. The summed E-state index contributed by atoms with van der Waals surface area (Å²) in [7, 11) is 4.02. The number of hydrogen-bond donors (Lipinski definition) is 2. The Morgan fingerprint density at radius 3 is 2.72 bits per heavy atom. The van der Waals surface area contributed by atoms with E-state index in [0.29, 0.717) is 6.54 Å². The molecule has 0 radical (unpaired) electrons. The number of pyridine rings is 1. The fraction of sp³-hybridized carbons (Fsp3) is 0.214. The summed E-state index contributed by atoms with van der Waals surface area (Å²) in [5.74, 6) is 0. The van der Waals surface area contributed by atoms with Crippen molar-refractivity contribution in [2.24, 2.45) is 0 Å². The maximum atomic E-state index is 5.92. The van der Waals surface area contributed by atoms with Crippen LogP contribution in [0.4, 0.5) is 17.1 Å². The monoisotopic (exact) mass is 242 g/mol. The van der Waals surface area contributed by atoms with Gasteiger partial charge in [0, 0.05) is 32.5 Å². The van der Waals surface area contributed by atoms with Crippen molar-refractivity contribution in [3.8, 4) is 0 Å². The number of para-hydroxylation sites is 1. The zero-order valence-electron chi connectivity index (χ0n) is 10.7. The maximum Gasteiger partial charge on any atom is 0.0766 e. The number of benzene rings is 1. The van der Waals surface area contributed by atoms with E-state index in [9.17, 15) is 0 Å². The molecule has 4 nitrogen and oxygen atoms in total. The molecule has 0 amide bonds. The molecule has 0 bridgehead atoms. The standard InChI is InChI=1S/C14H18N4/c1-18(2)14-7-8-16-10-13(14)17-9-11-5-3-4-6-12(11)15/h3-8,10,17H,9,15H2,1-2H3. The lowest BCUT2D eigenvalue weighted by atomic mass is 10.2. The van der Waals surface area contributed by atoms with Gasteiger partial charge in [-0.05, 0) is 17.7 Å². The summed E-state index contributed by atoms with van der Waals surface area (Å²) in [5, 5.41) is 3.37. The van der Waals surface area contributed by atoms with E-state index < -0.39 is 0 Å². The van der Waals surface area contributed by atoms with Gasteiger partial charge in [0.1, 0.15) is 0 Å². The summed E-state index contributed by atoms with van der Waals surface area (Å²) in [5.41, 5.74) is 9.93. The van der Waals surface area contributed by atoms with Gasteiger partial charge in [0.25, 0.3) is 0 Å². The van der Waals surface area contributed by atoms with Gasteiger partial charge in [-0.25, -0.2) is 0 Å². The van der Waals surface area contributed by atoms with Crippen molar-refractivity contribution in [1.29, 1.82) is 0 Å². The Labute approximate surface area is 107 Å². The van der Waals surface area contributed by atoms with Crippen molar-refractivity contribution >= 4 is 17.1 Å². The van der Waals surface area contributed by atoms with Gasteiger partial charge in [0.15, 0.2) is 0 Å². The third-order valence-electron chi connectivity index (χ3n) is 2.80. The molecule has 0 unspecified atom stereocenters. The number of nitrogens with two attached hydrogens (primary N) is 1. The molecular formula is C14H18N4. The molecule has 1 aromatic carbocycles. The molecule has 0 saturated carbocycles. The molecule has 0 aliphatic carbocycles. The summed E-state index contributed by atoms with van der Waals surface area (Å²) in [6, 6.07) is 9.84. The minimum atomic E-state index is 0.694. The molecule has 4 heteroatoms. The van der Waals surface area contributed by atoms with Crippen LogP contribution in [0.2, 0.25) is 0 Å². The van der Waals surface area contributed by atoms with Crippen molar-refractivity contribution < 1.29 is 0 Å². The number of nitrogens with one attached hydrogen (secondary N) is 1. The van der Waals surface area contributed by atoms with Gasteiger partial charge < -0.3 is 16.0 Å². The largest absolute Gasteiger partial charge is 0.398 e. The Balaban J connectivity index is 2.14. The van der Waals surface area contributed by atoms with Gasteiger partial charge >= 0.3 is 0 Å². The number of nitrogen functional groups attached to an aromatic ring is 1. The van der Waals surface area contributed by atoms with Gasteiger partial charge in [-0.3, -0.25) is 4.98 Å². The van der Waals surface area contributed by atoms with Crippen LogP contribution in [0.1, 0.15) is 5.56 Å². The third kappa shape index (κ3) is 2.71. The van der Waals surface area contributed by atoms with E-state index in [1.165, 1.54) is 0 Å². The van der Waals surface area contributed by atoms with E-state index in [1.54, 1.807) is 6.20 Å². The topological polar surface area (TPSA) is 54.2 Å². The average Bonchev–Trinajstić information content (AvgIpc) is 2.38. The first kappa shape index (κ1) is 12.2. The lowest BCUT2D eigenvalue weighted by Crippen LogP contribution is -2.12. The molecule has 18 heavy (non-hydrogen) atoms. The van der Waals surface area contributed by atoms with Crippen molar-refractivity contribution in [3.05, 3.63) is 48.3 Å². The van der Waals surface area contributed by atoms with E-state index in [-0.39, 0.29) is 0 Å². The van der Waals surface area contributed by atoms with Crippen LogP contribution in [0.15, 0.2) is 42.7 Å². The van der Waals surface area contributed by atoms with Gasteiger partial charge in [0.2, 0.25) is 0 Å². The molecule has 0 fully saturated rings. The zero-order chi connectivity index (χ0) is 13.0. The van der Waals surface area contributed by atoms with E-state index in [4.69, 9.17) is 5.73 Å². The molecule has 0 atom stereocenters. The molecule has 1 aromatic heterocycles. The smallest absolute Gasteiger partial charge is 0.0766 e. The summed E-state index contributed by atoms with van der Waals surface area (Å²) in [6.45, 7) is 0.694. The second kappa shape index (κ2) is 5.40. The minimum Gasteiger partial charge on any atom is -0.398 e. The molecule has 3 N–H and O–H groups in total. The summed E-state index contributed by atoms with van der Waals surface area (Å²) < 4.78 is 0. The van der Waals surface area contributed by atoms with Crippen LogP contribution in [0.5, 0.6) is 0 Å². The first-order valence-electron chi connectivity index (χ1n) is 5.87. The quantitative estimate of drug-likeness (QED) is 0.808. The summed E-state index contributed by atoms with van der Waals surface area (Å²) >= 11 is 0. The molecule has 0 aliphatic heterocycles. The van der Waals surface area contributed by atoms with Gasteiger partial charge in [-0.2, -0.15) is 0 Å². The van der Waals surface area contributed by atoms with E-state index in [1.807, 2.05) is 50.6 Å². The van der Waals surface area contributed by atoms with Crippen LogP contribution in [0.3, 0.4) is 0 Å². The lowest BCUT2D eigenvalue weighted by Gasteiger charge is -2.18. The highest BCUT2D eigenvalue weighted by atomic mass is 15.1. The summed E-state index contributed by atoms with van der Waals surface area (Å²) in [4.78, 5) is 6.20. The van der Waals surface area contributed by atoms with E-state index in [0.717, 1.165) is 22.6 Å². The first-order valence-corrected chi connectivity index (χ1v) is 5.87. The average molecular weight is 242 g/mol. The molecule has 0 spiro atoms. The Bertz CT molecular complexity index is 523. The number of anilines is 3. The molecule has 1 heterocycles. The SMILES string of the molecule is CN(C)c1ccncc1NCc1ccccc1N. The molecule has 0 aliphatic rings. The highest BCUT2D eigenvalue weighted by Gasteiger charge is 2.04. The van der Waals surface area contributed by atoms with Crippen LogP contribution < -0.4 is 16.0 Å². The molecule has 0 saturated heterocycles. The zero-order valence-corrected chi connectivity index (χ0v) is 10.7. The van der Waals surface area contributed by atoms with Crippen LogP contribution in [0.25, 0.3) is 0 Å². The predicted molar refractivity (Wildman–Crippen MR) is 76.7 cm³/mol. The summed E-state index contributed by atoms with van der Waals surface area (Å²) in [6.07, 6.45) is 3.62. The van der Waals surface area contributed by atoms with Crippen LogP contribution >= 0.6 is 0 Å². The Hall–Kier alpha value is -2.23. The number of aromatic nitrogens is 1. The molecular weight excluding hydrogens is 224 g/mol. The highest BCUT2D eigenvalue weighted by molar-refractivity contribution is 5.68. The maximum absolute atomic E-state index is 5.92. The van der Waals surface area contributed by atoms with Gasteiger partial charge in [-0.15, -0.1) is 0 Å². The fourth-order valence-electron chi connectivity index (χ4n) is 1.80. The Morgan fingerprint density at radius 1 is 1.22 bits per heavy atom. The third-order valence-corrected chi connectivity index (χ3v) is 2.80. The van der Waals surface area contributed by atoms with Crippen molar-refractivity contribution in [1.82, 2.24) is 4.98 Å². The second-order valence-electron chi connectivity index (χ2n) is 4.34. The fourth-order valence-corrected chi connectivity index (χ4v) is 1.80. The van der Waals surface area contributed by atoms with Gasteiger partial charge in [-0.1, -0.05) is 18.2 Å². The van der Waals surface area contributed by atoms with E-state index >= 15 is 0 Å². The number of nitrogens with zero attached hydrogens (tertiary/aromatic N) is 2. The van der Waals surface area contributed by atoms with Crippen LogP contribution in [0, 0.1) is 0 Å². The minimum absolute atomic E-state index is 0.694. The Kier molecular flexibility index (Phi) is 3.67. The van der Waals surface area contributed by atoms with Crippen LogP contribution in [-0.4, -0.2) is 19.1 Å². The number of rotatable bonds is 4. The normalized spacial score (nSPS) is 10.1. The van der Waals surface area contributed by atoms with E-state index in [2.05, 4.69) is 15.2 Å². The molecule has 2 rings (SSSR count). The first-order chi connectivity index (χ1) is 8.68. The van der Waals surface area contributed by atoms with Crippen molar-refractivity contribution in [3.63, 3.8) is 0 Å². The van der Waals surface area contributed by atoms with Gasteiger partial charge in [0.05, 0.1) is 17.6 Å². The van der Waals surface area contributed by atoms with Crippen molar-refractivity contribution in [2.45, 2.75) is 6.54 Å². The molecule has 2 aromatic rings. The van der Waals surface area contributed by atoms with Crippen LogP contribution in [-0.2, 0) is 6.54 Å². The second-order valence-corrected chi connectivity index (χ2v) is 4.34. The number of hydrogen-bond acceptors (Lipinski definition) is 4. The lowest BCUT2D eigenvalue weighted by molar-refractivity contribution is 1.09. The highest BCUT2D eigenvalue weighted by Crippen LogP contribution is 2.23. The van der Waals surface area contributed by atoms with Crippen molar-refractivity contribution in [2.75, 3.05) is 30.0 Å². The molecule has 94 valence electrons.